The fraction of sp³-hybridized carbons (Fsp3) is 0.500. The van der Waals surface area contributed by atoms with E-state index < -0.39 is 17.5 Å². The first-order valence-electron chi connectivity index (χ1n) is 8.32. The molecular formula is C18H24ClN3O3. The molecule has 6 nitrogen and oxygen atoms in total. The Hall–Kier alpha value is -2.08. The average Bonchev–Trinajstić information content (AvgIpc) is 2.72. The molecule has 0 radical (unpaired) electrons. The minimum absolute atomic E-state index is 0.315. The molecule has 0 bridgehead atoms. The Labute approximate surface area is 152 Å². The molecule has 1 aromatic carbocycles. The first-order valence-corrected chi connectivity index (χ1v) is 8.70. The largest absolute Gasteiger partial charge is 0.325 e. The molecule has 1 saturated heterocycles. The van der Waals surface area contributed by atoms with Crippen molar-refractivity contribution in [1.29, 1.82) is 0 Å². The highest BCUT2D eigenvalue weighted by atomic mass is 35.5. The quantitative estimate of drug-likeness (QED) is 0.759. The number of nitrogens with one attached hydrogen (secondary N) is 2. The van der Waals surface area contributed by atoms with Gasteiger partial charge in [-0.2, -0.15) is 0 Å². The van der Waals surface area contributed by atoms with Crippen molar-refractivity contribution in [2.45, 2.75) is 46.1 Å². The normalized spacial score (nSPS) is 20.2. The van der Waals surface area contributed by atoms with Crippen LogP contribution >= 0.6 is 11.6 Å². The standard InChI is InChI=1S/C18H24ClN3O3/c1-11(2)7-8-18(4)16(24)22(17(25)21-18)10-15(23)20-14-6-5-13(19)9-12(14)3/h5-6,9,11H,7-8,10H2,1-4H3,(H,20,23)(H,21,25). The number of nitrogens with zero attached hydrogens (tertiary/aromatic N) is 1. The highest BCUT2D eigenvalue weighted by Crippen LogP contribution is 2.25. The Morgan fingerprint density at radius 2 is 2.04 bits per heavy atom. The van der Waals surface area contributed by atoms with Gasteiger partial charge in [0.15, 0.2) is 0 Å². The molecule has 1 fully saturated rings. The molecule has 0 spiro atoms. The Kier molecular flexibility index (Phi) is 5.72. The molecule has 2 N–H and O–H groups in total. The fourth-order valence-electron chi connectivity index (χ4n) is 2.74. The van der Waals surface area contributed by atoms with Crippen LogP contribution < -0.4 is 10.6 Å². The molecule has 1 aromatic rings. The van der Waals surface area contributed by atoms with E-state index in [9.17, 15) is 14.4 Å². The summed E-state index contributed by atoms with van der Waals surface area (Å²) in [5.41, 5.74) is 0.460. The second kappa shape index (κ2) is 7.44. The van der Waals surface area contributed by atoms with E-state index in [1.54, 1.807) is 25.1 Å². The summed E-state index contributed by atoms with van der Waals surface area (Å²) in [7, 11) is 0. The van der Waals surface area contributed by atoms with Gasteiger partial charge in [-0.1, -0.05) is 25.4 Å². The topological polar surface area (TPSA) is 78.5 Å². The van der Waals surface area contributed by atoms with Crippen molar-refractivity contribution >= 4 is 35.1 Å². The summed E-state index contributed by atoms with van der Waals surface area (Å²) in [6.07, 6.45) is 1.36. The molecule has 1 aliphatic rings. The van der Waals surface area contributed by atoms with Gasteiger partial charge in [-0.15, -0.1) is 0 Å². The highest BCUT2D eigenvalue weighted by Gasteiger charge is 2.47. The summed E-state index contributed by atoms with van der Waals surface area (Å²) < 4.78 is 0. The Bertz CT molecular complexity index is 705. The first kappa shape index (κ1) is 19.2. The van der Waals surface area contributed by atoms with E-state index in [1.165, 1.54) is 0 Å². The van der Waals surface area contributed by atoms with Gasteiger partial charge in [-0.05, 0) is 56.4 Å². The second-order valence-electron chi connectivity index (χ2n) is 7.09. The van der Waals surface area contributed by atoms with Gasteiger partial charge >= 0.3 is 6.03 Å². The van der Waals surface area contributed by atoms with E-state index in [4.69, 9.17) is 11.6 Å². The smallest absolute Gasteiger partial charge is 0.324 e. The maximum atomic E-state index is 12.6. The van der Waals surface area contributed by atoms with Gasteiger partial charge in [0, 0.05) is 10.7 Å². The van der Waals surface area contributed by atoms with Gasteiger partial charge < -0.3 is 10.6 Å². The maximum Gasteiger partial charge on any atom is 0.325 e. The summed E-state index contributed by atoms with van der Waals surface area (Å²) in [4.78, 5) is 38.0. The van der Waals surface area contributed by atoms with Crippen LogP contribution in [0.15, 0.2) is 18.2 Å². The van der Waals surface area contributed by atoms with Gasteiger partial charge in [0.2, 0.25) is 5.91 Å². The van der Waals surface area contributed by atoms with Gasteiger partial charge in [0.1, 0.15) is 12.1 Å². The molecule has 2 rings (SSSR count). The summed E-state index contributed by atoms with van der Waals surface area (Å²) >= 11 is 5.89. The van der Waals surface area contributed by atoms with Crippen molar-refractivity contribution in [3.8, 4) is 0 Å². The Balaban J connectivity index is 2.03. The van der Waals surface area contributed by atoms with Gasteiger partial charge in [-0.25, -0.2) is 4.79 Å². The van der Waals surface area contributed by atoms with Gasteiger partial charge in [-0.3, -0.25) is 14.5 Å². The van der Waals surface area contributed by atoms with E-state index in [0.29, 0.717) is 23.0 Å². The van der Waals surface area contributed by atoms with Crippen molar-refractivity contribution in [2.75, 3.05) is 11.9 Å². The maximum absolute atomic E-state index is 12.6. The third-order valence-electron chi connectivity index (χ3n) is 4.33. The molecule has 25 heavy (non-hydrogen) atoms. The molecule has 0 aliphatic carbocycles. The average molecular weight is 366 g/mol. The number of rotatable bonds is 6. The van der Waals surface area contributed by atoms with Crippen molar-refractivity contribution in [3.05, 3.63) is 28.8 Å². The predicted molar refractivity (Wildman–Crippen MR) is 97.5 cm³/mol. The number of aryl methyl sites for hydroxylation is 1. The van der Waals surface area contributed by atoms with Crippen molar-refractivity contribution < 1.29 is 14.4 Å². The number of hydrogen-bond donors (Lipinski definition) is 2. The Morgan fingerprint density at radius 1 is 1.36 bits per heavy atom. The zero-order valence-corrected chi connectivity index (χ0v) is 15.7. The van der Waals surface area contributed by atoms with E-state index in [0.717, 1.165) is 16.9 Å². The summed E-state index contributed by atoms with van der Waals surface area (Å²) in [5, 5.41) is 6.00. The number of amides is 4. The van der Waals surface area contributed by atoms with Gasteiger partial charge in [0.05, 0.1) is 0 Å². The van der Waals surface area contributed by atoms with Crippen LogP contribution in [-0.4, -0.2) is 34.8 Å². The lowest BCUT2D eigenvalue weighted by Crippen LogP contribution is -2.44. The molecule has 1 unspecified atom stereocenters. The minimum Gasteiger partial charge on any atom is -0.324 e. The van der Waals surface area contributed by atoms with Crippen molar-refractivity contribution in [3.63, 3.8) is 0 Å². The molecule has 1 aliphatic heterocycles. The molecule has 136 valence electrons. The first-order chi connectivity index (χ1) is 11.6. The Morgan fingerprint density at radius 3 is 2.64 bits per heavy atom. The number of imide groups is 1. The van der Waals surface area contributed by atoms with Crippen LogP contribution in [0.2, 0.25) is 5.02 Å². The van der Waals surface area contributed by atoms with Gasteiger partial charge in [0.25, 0.3) is 5.91 Å². The van der Waals surface area contributed by atoms with E-state index in [1.807, 2.05) is 6.92 Å². The highest BCUT2D eigenvalue weighted by molar-refractivity contribution is 6.30. The van der Waals surface area contributed by atoms with Crippen LogP contribution in [0.25, 0.3) is 0 Å². The van der Waals surface area contributed by atoms with Crippen LogP contribution in [0.4, 0.5) is 10.5 Å². The second-order valence-corrected chi connectivity index (χ2v) is 7.53. The van der Waals surface area contributed by atoms with Crippen LogP contribution in [0, 0.1) is 12.8 Å². The molecule has 4 amide bonds. The van der Waals surface area contributed by atoms with Crippen molar-refractivity contribution in [2.24, 2.45) is 5.92 Å². The lowest BCUT2D eigenvalue weighted by atomic mass is 9.92. The minimum atomic E-state index is -0.947. The molecule has 1 atom stereocenters. The van der Waals surface area contributed by atoms with Crippen molar-refractivity contribution in [1.82, 2.24) is 10.2 Å². The van der Waals surface area contributed by atoms with Crippen LogP contribution in [0.1, 0.15) is 39.2 Å². The van der Waals surface area contributed by atoms with Crippen LogP contribution in [-0.2, 0) is 9.59 Å². The number of hydrogen-bond acceptors (Lipinski definition) is 3. The number of urea groups is 1. The SMILES string of the molecule is Cc1cc(Cl)ccc1NC(=O)CN1C(=O)NC(C)(CCC(C)C)C1=O. The summed E-state index contributed by atoms with van der Waals surface area (Å²) in [6, 6.07) is 4.56. The lowest BCUT2D eigenvalue weighted by Gasteiger charge is -2.22. The third-order valence-corrected chi connectivity index (χ3v) is 4.57. The number of halogens is 1. The third kappa shape index (κ3) is 4.51. The van der Waals surface area contributed by atoms with E-state index >= 15 is 0 Å². The molecule has 1 heterocycles. The predicted octanol–water partition coefficient (Wildman–Crippen LogP) is 3.33. The number of carbonyl (C=O) groups is 3. The molecule has 0 aromatic heterocycles. The van der Waals surface area contributed by atoms with Crippen LogP contribution in [0.5, 0.6) is 0 Å². The molecule has 0 saturated carbocycles. The van der Waals surface area contributed by atoms with Crippen LogP contribution in [0.3, 0.4) is 0 Å². The summed E-state index contributed by atoms with van der Waals surface area (Å²) in [6.45, 7) is 7.33. The molecular weight excluding hydrogens is 342 g/mol. The fourth-order valence-corrected chi connectivity index (χ4v) is 2.96. The zero-order valence-electron chi connectivity index (χ0n) is 15.0. The summed E-state index contributed by atoms with van der Waals surface area (Å²) in [5.74, 6) is -0.366. The van der Waals surface area contributed by atoms with E-state index in [-0.39, 0.29) is 12.5 Å². The number of carbonyl (C=O) groups excluding carboxylic acids is 3. The van der Waals surface area contributed by atoms with E-state index in [2.05, 4.69) is 24.5 Å². The molecule has 7 heteroatoms. The monoisotopic (exact) mass is 365 g/mol. The number of benzene rings is 1. The number of anilines is 1. The lowest BCUT2D eigenvalue weighted by molar-refractivity contribution is -0.133. The zero-order chi connectivity index (χ0) is 18.8.